The summed E-state index contributed by atoms with van der Waals surface area (Å²) in [6.45, 7) is 10.00. The van der Waals surface area contributed by atoms with Crippen LogP contribution < -0.4 is 5.32 Å². The normalized spacial score (nSPS) is 10.8. The van der Waals surface area contributed by atoms with Gasteiger partial charge in [0.2, 0.25) is 5.91 Å². The molecule has 1 N–H and O–H groups in total. The highest BCUT2D eigenvalue weighted by molar-refractivity contribution is 7.99. The van der Waals surface area contributed by atoms with Crippen LogP contribution in [0.5, 0.6) is 0 Å². The summed E-state index contributed by atoms with van der Waals surface area (Å²) in [6.07, 6.45) is 1.75. The molecule has 0 aromatic carbocycles. The number of amides is 2. The van der Waals surface area contributed by atoms with Crippen molar-refractivity contribution in [2.45, 2.75) is 38.4 Å². The average molecular weight is 466 g/mol. The lowest BCUT2D eigenvalue weighted by molar-refractivity contribution is -0.113. The number of carbonyl (C=O) groups excluding carboxylic acids is 3. The second kappa shape index (κ2) is 10.6. The molecule has 9 nitrogen and oxygen atoms in total. The van der Waals surface area contributed by atoms with Crippen LogP contribution in [0.1, 0.15) is 51.2 Å². The van der Waals surface area contributed by atoms with E-state index in [9.17, 15) is 14.4 Å². The van der Waals surface area contributed by atoms with Crippen LogP contribution in [0.15, 0.2) is 17.8 Å². The van der Waals surface area contributed by atoms with Gasteiger partial charge in [0.05, 0.1) is 23.3 Å². The molecule has 2 aromatic rings. The number of anilines is 1. The van der Waals surface area contributed by atoms with E-state index in [1.54, 1.807) is 27.1 Å². The lowest BCUT2D eigenvalue weighted by Gasteiger charge is -2.09. The van der Waals surface area contributed by atoms with Crippen molar-refractivity contribution in [2.75, 3.05) is 32.3 Å². The molecule has 168 valence electrons. The maximum Gasteiger partial charge on any atom is 0.341 e. The van der Waals surface area contributed by atoms with Crippen LogP contribution in [0.25, 0.3) is 0 Å². The first kappa shape index (κ1) is 24.6. The SMILES string of the molecule is C=CCn1c(SCC(=O)Nc2sc(C(=O)N(C)C)c(C)c2C(=O)OC)nnc1C(C)C. The maximum atomic E-state index is 12.6. The summed E-state index contributed by atoms with van der Waals surface area (Å²) in [4.78, 5) is 39.1. The summed E-state index contributed by atoms with van der Waals surface area (Å²) in [5.41, 5.74) is 0.666. The molecule has 0 unspecified atom stereocenters. The number of esters is 1. The van der Waals surface area contributed by atoms with Crippen molar-refractivity contribution in [3.8, 4) is 0 Å². The zero-order chi connectivity index (χ0) is 23.3. The number of carbonyl (C=O) groups is 3. The van der Waals surface area contributed by atoms with E-state index in [0.717, 1.165) is 17.2 Å². The van der Waals surface area contributed by atoms with Crippen LogP contribution in [-0.4, -0.2) is 64.4 Å². The van der Waals surface area contributed by atoms with Gasteiger partial charge in [0, 0.05) is 26.6 Å². The Bertz CT molecular complexity index is 994. The number of thiophene rings is 1. The second-order valence-corrected chi connectivity index (χ2v) is 9.15. The van der Waals surface area contributed by atoms with Gasteiger partial charge in [-0.25, -0.2) is 4.79 Å². The third-order valence-corrected chi connectivity index (χ3v) is 6.46. The number of rotatable bonds is 9. The van der Waals surface area contributed by atoms with Crippen molar-refractivity contribution >= 4 is 45.9 Å². The van der Waals surface area contributed by atoms with Gasteiger partial charge < -0.3 is 19.5 Å². The zero-order valence-corrected chi connectivity index (χ0v) is 20.1. The number of nitrogens with zero attached hydrogens (tertiary/aromatic N) is 4. The van der Waals surface area contributed by atoms with Crippen LogP contribution in [0.2, 0.25) is 0 Å². The lowest BCUT2D eigenvalue weighted by Crippen LogP contribution is -2.21. The highest BCUT2D eigenvalue weighted by Crippen LogP contribution is 2.34. The Hall–Kier alpha value is -2.66. The standard InChI is InChI=1S/C20H27N5O4S2/c1-8-9-25-16(11(2)3)22-23-20(25)30-10-13(26)21-17-14(19(28)29-7)12(4)15(31-17)18(27)24(5)6/h8,11H,1,9-10H2,2-7H3,(H,21,26). The molecule has 0 saturated carbocycles. The number of hydrogen-bond donors (Lipinski definition) is 1. The van der Waals surface area contributed by atoms with Gasteiger partial charge in [-0.15, -0.1) is 28.1 Å². The molecule has 0 saturated heterocycles. The first-order valence-electron chi connectivity index (χ1n) is 9.52. The van der Waals surface area contributed by atoms with Crippen molar-refractivity contribution in [2.24, 2.45) is 0 Å². The van der Waals surface area contributed by atoms with Crippen molar-refractivity contribution in [3.05, 3.63) is 34.5 Å². The van der Waals surface area contributed by atoms with Gasteiger partial charge in [-0.3, -0.25) is 9.59 Å². The van der Waals surface area contributed by atoms with E-state index < -0.39 is 5.97 Å². The molecule has 11 heteroatoms. The first-order valence-corrected chi connectivity index (χ1v) is 11.3. The van der Waals surface area contributed by atoms with Crippen LogP contribution in [0, 0.1) is 6.92 Å². The number of thioether (sulfide) groups is 1. The molecule has 0 fully saturated rings. The van der Waals surface area contributed by atoms with Crippen molar-refractivity contribution in [1.29, 1.82) is 0 Å². The van der Waals surface area contributed by atoms with Crippen LogP contribution in [-0.2, 0) is 16.1 Å². The molecule has 0 aliphatic heterocycles. The number of hydrogen-bond acceptors (Lipinski definition) is 8. The van der Waals surface area contributed by atoms with Gasteiger partial charge >= 0.3 is 5.97 Å². The highest BCUT2D eigenvalue weighted by atomic mass is 32.2. The van der Waals surface area contributed by atoms with E-state index in [4.69, 9.17) is 4.74 Å². The fraction of sp³-hybridized carbons (Fsp3) is 0.450. The van der Waals surface area contributed by atoms with E-state index in [1.165, 1.54) is 23.8 Å². The predicted octanol–water partition coefficient (Wildman–Crippen LogP) is 3.18. The van der Waals surface area contributed by atoms with Gasteiger partial charge in [-0.05, 0) is 12.5 Å². The maximum absolute atomic E-state index is 12.6. The molecular formula is C20H27N5O4S2. The van der Waals surface area contributed by atoms with Crippen LogP contribution in [0.4, 0.5) is 5.00 Å². The van der Waals surface area contributed by atoms with E-state index >= 15 is 0 Å². The molecule has 0 radical (unpaired) electrons. The third kappa shape index (κ3) is 5.53. The summed E-state index contributed by atoms with van der Waals surface area (Å²) >= 11 is 2.29. The Morgan fingerprint density at radius 3 is 2.55 bits per heavy atom. The van der Waals surface area contributed by atoms with Crippen LogP contribution in [0.3, 0.4) is 0 Å². The summed E-state index contributed by atoms with van der Waals surface area (Å²) in [5.74, 6) is -0.138. The number of nitrogens with one attached hydrogen (secondary N) is 1. The Kier molecular flexibility index (Phi) is 8.40. The largest absolute Gasteiger partial charge is 0.465 e. The van der Waals surface area contributed by atoms with E-state index in [-0.39, 0.29) is 34.0 Å². The fourth-order valence-corrected chi connectivity index (χ4v) is 4.77. The van der Waals surface area contributed by atoms with E-state index in [0.29, 0.717) is 22.1 Å². The molecule has 2 aromatic heterocycles. The van der Waals surface area contributed by atoms with E-state index in [1.807, 2.05) is 18.4 Å². The highest BCUT2D eigenvalue weighted by Gasteiger charge is 2.27. The molecular weight excluding hydrogens is 438 g/mol. The number of methoxy groups -OCH3 is 1. The van der Waals surface area contributed by atoms with Crippen molar-refractivity contribution in [1.82, 2.24) is 19.7 Å². The van der Waals surface area contributed by atoms with Crippen molar-refractivity contribution in [3.63, 3.8) is 0 Å². The molecule has 31 heavy (non-hydrogen) atoms. The molecule has 0 bridgehead atoms. The Morgan fingerprint density at radius 2 is 2.00 bits per heavy atom. The van der Waals surface area contributed by atoms with Crippen molar-refractivity contribution < 1.29 is 19.1 Å². The summed E-state index contributed by atoms with van der Waals surface area (Å²) in [6, 6.07) is 0. The zero-order valence-electron chi connectivity index (χ0n) is 18.5. The summed E-state index contributed by atoms with van der Waals surface area (Å²) in [7, 11) is 4.51. The average Bonchev–Trinajstić information content (AvgIpc) is 3.26. The fourth-order valence-electron chi connectivity index (χ4n) is 2.78. The van der Waals surface area contributed by atoms with Crippen LogP contribution >= 0.6 is 23.1 Å². The Balaban J connectivity index is 2.22. The molecule has 0 spiro atoms. The number of aromatic nitrogens is 3. The minimum atomic E-state index is -0.609. The molecule has 2 heterocycles. The molecule has 2 amide bonds. The monoisotopic (exact) mass is 465 g/mol. The van der Waals surface area contributed by atoms with Gasteiger partial charge in [0.1, 0.15) is 10.8 Å². The Morgan fingerprint density at radius 1 is 1.32 bits per heavy atom. The Labute approximate surface area is 189 Å². The second-order valence-electron chi connectivity index (χ2n) is 7.18. The molecule has 0 atom stereocenters. The first-order chi connectivity index (χ1) is 14.6. The molecule has 2 rings (SSSR count). The quantitative estimate of drug-likeness (QED) is 0.344. The van der Waals surface area contributed by atoms with E-state index in [2.05, 4.69) is 22.1 Å². The predicted molar refractivity (Wildman–Crippen MR) is 122 cm³/mol. The molecule has 0 aliphatic rings. The summed E-state index contributed by atoms with van der Waals surface area (Å²) < 4.78 is 6.76. The van der Waals surface area contributed by atoms with Gasteiger partial charge in [0.15, 0.2) is 5.16 Å². The number of allylic oxidation sites excluding steroid dienone is 1. The molecule has 0 aliphatic carbocycles. The minimum absolute atomic E-state index is 0.0574. The minimum Gasteiger partial charge on any atom is -0.465 e. The lowest BCUT2D eigenvalue weighted by atomic mass is 10.1. The third-order valence-electron chi connectivity index (χ3n) is 4.30. The topological polar surface area (TPSA) is 106 Å². The van der Waals surface area contributed by atoms with Gasteiger partial charge in [-0.2, -0.15) is 0 Å². The number of ether oxygens (including phenoxy) is 1. The van der Waals surface area contributed by atoms with Gasteiger partial charge in [-0.1, -0.05) is 31.7 Å². The smallest absolute Gasteiger partial charge is 0.341 e. The van der Waals surface area contributed by atoms with Gasteiger partial charge in [0.25, 0.3) is 5.91 Å². The summed E-state index contributed by atoms with van der Waals surface area (Å²) in [5, 5.41) is 12.0.